The van der Waals surface area contributed by atoms with Crippen molar-refractivity contribution in [3.05, 3.63) is 28.2 Å². The van der Waals surface area contributed by atoms with E-state index in [9.17, 15) is 8.78 Å². The normalized spacial score (nSPS) is 11.6. The maximum absolute atomic E-state index is 13.3. The minimum atomic E-state index is -0.576. The van der Waals surface area contributed by atoms with Gasteiger partial charge in [-0.2, -0.15) is 0 Å². The molecule has 4 N–H and O–H groups in total. The number of nitrogens with two attached hydrogens (primary N) is 1. The van der Waals surface area contributed by atoms with Gasteiger partial charge in [-0.05, 0) is 22.0 Å². The number of hydrogen-bond acceptors (Lipinski definition) is 3. The molecule has 1 rings (SSSR count). The Bertz CT molecular complexity index is 412. The van der Waals surface area contributed by atoms with Crippen LogP contribution in [0.4, 0.5) is 14.5 Å². The molecule has 7 heteroatoms. The molecule has 0 fully saturated rings. The van der Waals surface area contributed by atoms with Crippen LogP contribution in [-0.2, 0) is 0 Å². The Morgan fingerprint density at radius 1 is 1.44 bits per heavy atom. The van der Waals surface area contributed by atoms with Crippen molar-refractivity contribution in [2.45, 2.75) is 6.42 Å². The van der Waals surface area contributed by atoms with E-state index in [4.69, 9.17) is 10.9 Å². The van der Waals surface area contributed by atoms with E-state index in [-0.39, 0.29) is 29.0 Å². The Morgan fingerprint density at radius 2 is 2.12 bits per heavy atom. The molecule has 0 atom stereocenters. The van der Waals surface area contributed by atoms with Gasteiger partial charge in [0, 0.05) is 19.0 Å². The van der Waals surface area contributed by atoms with Crippen molar-refractivity contribution in [1.82, 2.24) is 0 Å². The second kappa shape index (κ2) is 5.64. The summed E-state index contributed by atoms with van der Waals surface area (Å²) in [6.45, 7) is 0.244. The number of benzene rings is 1. The monoisotopic (exact) mass is 293 g/mol. The van der Waals surface area contributed by atoms with E-state index in [2.05, 4.69) is 26.4 Å². The largest absolute Gasteiger partial charge is 0.409 e. The van der Waals surface area contributed by atoms with Crippen LogP contribution in [0.2, 0.25) is 0 Å². The summed E-state index contributed by atoms with van der Waals surface area (Å²) in [4.78, 5) is 0. The lowest BCUT2D eigenvalue weighted by atomic mass is 10.3. The van der Waals surface area contributed by atoms with Crippen molar-refractivity contribution in [3.8, 4) is 0 Å². The van der Waals surface area contributed by atoms with Crippen LogP contribution in [0.25, 0.3) is 0 Å². The summed E-state index contributed by atoms with van der Waals surface area (Å²) in [7, 11) is 0. The molecule has 1 aromatic rings. The van der Waals surface area contributed by atoms with Gasteiger partial charge in [0.1, 0.15) is 17.5 Å². The summed E-state index contributed by atoms with van der Waals surface area (Å²) in [6.07, 6.45) is 0.230. The zero-order valence-corrected chi connectivity index (χ0v) is 9.76. The van der Waals surface area contributed by atoms with Crippen molar-refractivity contribution in [2.75, 3.05) is 11.9 Å². The molecule has 0 aliphatic rings. The summed E-state index contributed by atoms with van der Waals surface area (Å²) in [6, 6.07) is 2.06. The molecule has 0 spiro atoms. The van der Waals surface area contributed by atoms with Crippen LogP contribution in [0.5, 0.6) is 0 Å². The molecule has 1 aromatic carbocycles. The number of nitrogens with zero attached hydrogens (tertiary/aromatic N) is 1. The lowest BCUT2D eigenvalue weighted by molar-refractivity contribution is 0.317. The second-order valence-electron chi connectivity index (χ2n) is 3.01. The summed E-state index contributed by atoms with van der Waals surface area (Å²) in [5.74, 6) is -1.12. The molecule has 16 heavy (non-hydrogen) atoms. The van der Waals surface area contributed by atoms with Crippen molar-refractivity contribution in [2.24, 2.45) is 10.9 Å². The molecule has 88 valence electrons. The highest BCUT2D eigenvalue weighted by atomic mass is 79.9. The Morgan fingerprint density at radius 3 is 2.75 bits per heavy atom. The fraction of sp³-hybridized carbons (Fsp3) is 0.222. The van der Waals surface area contributed by atoms with Crippen LogP contribution in [0.1, 0.15) is 6.42 Å². The van der Waals surface area contributed by atoms with E-state index in [1.165, 1.54) is 0 Å². The SMILES string of the molecule is N/C(CCNc1cc(F)c(Br)cc1F)=N/O. The van der Waals surface area contributed by atoms with E-state index in [1.54, 1.807) is 0 Å². The second-order valence-corrected chi connectivity index (χ2v) is 3.87. The van der Waals surface area contributed by atoms with Crippen molar-refractivity contribution < 1.29 is 14.0 Å². The maximum atomic E-state index is 13.3. The molecule has 0 aromatic heterocycles. The number of amidine groups is 1. The molecule has 0 saturated heterocycles. The van der Waals surface area contributed by atoms with Gasteiger partial charge in [-0.1, -0.05) is 5.16 Å². The van der Waals surface area contributed by atoms with Crippen molar-refractivity contribution in [3.63, 3.8) is 0 Å². The fourth-order valence-electron chi connectivity index (χ4n) is 1.03. The molecule has 0 aliphatic heterocycles. The van der Waals surface area contributed by atoms with Crippen molar-refractivity contribution in [1.29, 1.82) is 0 Å². The predicted octanol–water partition coefficient (Wildman–Crippen LogP) is 2.28. The summed E-state index contributed by atoms with van der Waals surface area (Å²) in [5.41, 5.74) is 5.25. The topological polar surface area (TPSA) is 70.6 Å². The Labute approximate surface area is 99.3 Å². The highest BCUT2D eigenvalue weighted by Gasteiger charge is 2.07. The first-order chi connectivity index (χ1) is 7.54. The zero-order valence-electron chi connectivity index (χ0n) is 8.17. The minimum absolute atomic E-state index is 0.0190. The Kier molecular flexibility index (Phi) is 4.48. The predicted molar refractivity (Wildman–Crippen MR) is 60.6 cm³/mol. The summed E-state index contributed by atoms with van der Waals surface area (Å²) >= 11 is 2.87. The van der Waals surface area contributed by atoms with Gasteiger partial charge in [0.25, 0.3) is 0 Å². The molecular formula is C9H10BrF2N3O. The molecule has 0 radical (unpaired) electrons. The number of hydrogen-bond donors (Lipinski definition) is 3. The van der Waals surface area contributed by atoms with Crippen LogP contribution in [-0.4, -0.2) is 17.6 Å². The first kappa shape index (κ1) is 12.7. The lowest BCUT2D eigenvalue weighted by Gasteiger charge is -2.07. The first-order valence-corrected chi connectivity index (χ1v) is 5.18. The number of halogens is 3. The van der Waals surface area contributed by atoms with Crippen LogP contribution < -0.4 is 11.1 Å². The van der Waals surface area contributed by atoms with E-state index in [1.807, 2.05) is 0 Å². The van der Waals surface area contributed by atoms with Gasteiger partial charge in [-0.25, -0.2) is 8.78 Å². The molecule has 0 saturated carbocycles. The molecule has 4 nitrogen and oxygen atoms in total. The summed E-state index contributed by atoms with van der Waals surface area (Å²) in [5, 5.41) is 13.7. The molecule has 0 bridgehead atoms. The van der Waals surface area contributed by atoms with Crippen molar-refractivity contribution >= 4 is 27.5 Å². The van der Waals surface area contributed by atoms with Gasteiger partial charge in [0.2, 0.25) is 0 Å². The molecule has 0 amide bonds. The van der Waals surface area contributed by atoms with Gasteiger partial charge in [0.15, 0.2) is 0 Å². The lowest BCUT2D eigenvalue weighted by Crippen LogP contribution is -2.17. The smallest absolute Gasteiger partial charge is 0.147 e. The Balaban J connectivity index is 2.64. The van der Waals surface area contributed by atoms with Gasteiger partial charge in [-0.15, -0.1) is 0 Å². The third-order valence-electron chi connectivity index (χ3n) is 1.84. The van der Waals surface area contributed by atoms with Gasteiger partial charge >= 0.3 is 0 Å². The van der Waals surface area contributed by atoms with Gasteiger partial charge in [0.05, 0.1) is 10.2 Å². The molecule has 0 heterocycles. The van der Waals surface area contributed by atoms with Gasteiger partial charge in [-0.3, -0.25) is 0 Å². The van der Waals surface area contributed by atoms with Crippen LogP contribution in [0.15, 0.2) is 21.8 Å². The molecular weight excluding hydrogens is 284 g/mol. The molecule has 0 aliphatic carbocycles. The van der Waals surface area contributed by atoms with Crippen LogP contribution >= 0.6 is 15.9 Å². The van der Waals surface area contributed by atoms with E-state index in [0.717, 1.165) is 12.1 Å². The van der Waals surface area contributed by atoms with E-state index < -0.39 is 11.6 Å². The highest BCUT2D eigenvalue weighted by Crippen LogP contribution is 2.23. The maximum Gasteiger partial charge on any atom is 0.147 e. The average Bonchev–Trinajstić information content (AvgIpc) is 2.25. The standard InChI is InChI=1S/C9H10BrF2N3O/c10-5-3-7(12)8(4-6(5)11)14-2-1-9(13)15-16/h3-4,14,16H,1-2H2,(H2,13,15). The van der Waals surface area contributed by atoms with E-state index >= 15 is 0 Å². The van der Waals surface area contributed by atoms with Gasteiger partial charge < -0.3 is 16.3 Å². The quantitative estimate of drug-likeness (QED) is 0.262. The third-order valence-corrected chi connectivity index (χ3v) is 2.44. The Hall–Kier alpha value is -1.37. The number of rotatable bonds is 4. The van der Waals surface area contributed by atoms with Crippen LogP contribution in [0, 0.1) is 11.6 Å². The number of nitrogens with one attached hydrogen (secondary N) is 1. The number of anilines is 1. The van der Waals surface area contributed by atoms with E-state index in [0.29, 0.717) is 0 Å². The fourth-order valence-corrected chi connectivity index (χ4v) is 1.35. The first-order valence-electron chi connectivity index (χ1n) is 4.39. The molecule has 0 unspecified atom stereocenters. The number of oxime groups is 1. The van der Waals surface area contributed by atoms with Crippen LogP contribution in [0.3, 0.4) is 0 Å². The zero-order chi connectivity index (χ0) is 12.1. The minimum Gasteiger partial charge on any atom is -0.409 e. The average molecular weight is 294 g/mol. The summed E-state index contributed by atoms with van der Waals surface area (Å²) < 4.78 is 26.4. The highest BCUT2D eigenvalue weighted by molar-refractivity contribution is 9.10. The third kappa shape index (κ3) is 3.34.